The molecule has 5 heteroatoms. The first-order valence-corrected chi connectivity index (χ1v) is 4.75. The Morgan fingerprint density at radius 3 is 2.76 bits per heavy atom. The summed E-state index contributed by atoms with van der Waals surface area (Å²) in [6.45, 7) is 1.47. The SMILES string of the molecule is CC(C#Cc1ccc(F)cc1F)C(=O)NC=O. The fraction of sp³-hybridized carbons (Fsp3) is 0.167. The molecule has 0 fully saturated rings. The molecule has 2 amide bonds. The number of halogens is 2. The molecule has 17 heavy (non-hydrogen) atoms. The van der Waals surface area contributed by atoms with Crippen molar-refractivity contribution in [3.8, 4) is 11.8 Å². The lowest BCUT2D eigenvalue weighted by Crippen LogP contribution is -2.26. The minimum absolute atomic E-state index is 0.00264. The van der Waals surface area contributed by atoms with Gasteiger partial charge in [-0.05, 0) is 19.1 Å². The molecular formula is C12H9F2NO2. The van der Waals surface area contributed by atoms with Crippen molar-refractivity contribution in [2.24, 2.45) is 5.92 Å². The van der Waals surface area contributed by atoms with Gasteiger partial charge in [-0.2, -0.15) is 0 Å². The van der Waals surface area contributed by atoms with E-state index in [1.165, 1.54) is 13.0 Å². The fourth-order valence-electron chi connectivity index (χ4n) is 1.03. The van der Waals surface area contributed by atoms with Crippen LogP contribution in [0, 0.1) is 29.4 Å². The highest BCUT2D eigenvalue weighted by Crippen LogP contribution is 2.08. The van der Waals surface area contributed by atoms with Crippen LogP contribution in [0.2, 0.25) is 0 Å². The smallest absolute Gasteiger partial charge is 0.241 e. The van der Waals surface area contributed by atoms with Gasteiger partial charge in [-0.1, -0.05) is 11.8 Å². The molecule has 0 aliphatic rings. The Labute approximate surface area is 96.8 Å². The van der Waals surface area contributed by atoms with E-state index in [1.54, 1.807) is 0 Å². The Kier molecular flexibility index (Phi) is 4.35. The molecule has 0 bridgehead atoms. The fourth-order valence-corrected chi connectivity index (χ4v) is 1.03. The number of imide groups is 1. The van der Waals surface area contributed by atoms with Crippen molar-refractivity contribution in [1.82, 2.24) is 5.32 Å². The average Bonchev–Trinajstić information content (AvgIpc) is 2.27. The number of hydrogen-bond donors (Lipinski definition) is 1. The monoisotopic (exact) mass is 237 g/mol. The third-order valence-electron chi connectivity index (χ3n) is 1.95. The quantitative estimate of drug-likeness (QED) is 0.621. The molecule has 0 aliphatic heterocycles. The molecule has 0 heterocycles. The second-order valence-corrected chi connectivity index (χ2v) is 3.24. The number of rotatable bonds is 2. The van der Waals surface area contributed by atoms with E-state index in [2.05, 4.69) is 11.8 Å². The van der Waals surface area contributed by atoms with Crippen molar-refractivity contribution in [2.45, 2.75) is 6.92 Å². The van der Waals surface area contributed by atoms with Gasteiger partial charge in [0.1, 0.15) is 11.6 Å². The molecular weight excluding hydrogens is 228 g/mol. The van der Waals surface area contributed by atoms with Crippen molar-refractivity contribution in [2.75, 3.05) is 0 Å². The van der Waals surface area contributed by atoms with Crippen LogP contribution in [0.25, 0.3) is 0 Å². The normalized spacial score (nSPS) is 11.0. The van der Waals surface area contributed by atoms with Crippen molar-refractivity contribution in [1.29, 1.82) is 0 Å². The summed E-state index contributed by atoms with van der Waals surface area (Å²) in [5, 5.41) is 1.93. The number of carbonyl (C=O) groups is 2. The van der Waals surface area contributed by atoms with Crippen LogP contribution < -0.4 is 5.32 Å². The molecule has 0 radical (unpaired) electrons. The Morgan fingerprint density at radius 2 is 2.18 bits per heavy atom. The summed E-state index contributed by atoms with van der Waals surface area (Å²) in [4.78, 5) is 21.1. The van der Waals surface area contributed by atoms with Crippen molar-refractivity contribution in [3.63, 3.8) is 0 Å². The van der Waals surface area contributed by atoms with Crippen LogP contribution in [0.4, 0.5) is 8.78 Å². The zero-order valence-corrected chi connectivity index (χ0v) is 8.96. The lowest BCUT2D eigenvalue weighted by molar-refractivity contribution is -0.126. The highest BCUT2D eigenvalue weighted by molar-refractivity contribution is 5.89. The predicted molar refractivity (Wildman–Crippen MR) is 56.6 cm³/mol. The molecule has 1 aromatic rings. The van der Waals surface area contributed by atoms with Gasteiger partial charge in [-0.25, -0.2) is 8.78 Å². The average molecular weight is 237 g/mol. The lowest BCUT2D eigenvalue weighted by atomic mass is 10.1. The minimum atomic E-state index is -0.791. The van der Waals surface area contributed by atoms with E-state index in [0.29, 0.717) is 6.07 Å². The maximum atomic E-state index is 13.2. The molecule has 1 aromatic carbocycles. The van der Waals surface area contributed by atoms with Crippen molar-refractivity contribution < 1.29 is 18.4 Å². The first-order chi connectivity index (χ1) is 8.04. The molecule has 0 aromatic heterocycles. The second-order valence-electron chi connectivity index (χ2n) is 3.24. The van der Waals surface area contributed by atoms with Crippen LogP contribution in [0.1, 0.15) is 12.5 Å². The molecule has 0 saturated heterocycles. The Hall–Kier alpha value is -2.22. The van der Waals surface area contributed by atoms with E-state index in [1.807, 2.05) is 5.32 Å². The summed E-state index contributed by atoms with van der Waals surface area (Å²) in [5.74, 6) is 2.05. The third-order valence-corrected chi connectivity index (χ3v) is 1.95. The Bertz CT molecular complexity index is 503. The summed E-state index contributed by atoms with van der Waals surface area (Å²) >= 11 is 0. The van der Waals surface area contributed by atoms with E-state index in [0.717, 1.165) is 6.07 Å². The topological polar surface area (TPSA) is 46.2 Å². The Morgan fingerprint density at radius 1 is 1.47 bits per heavy atom. The van der Waals surface area contributed by atoms with E-state index in [9.17, 15) is 18.4 Å². The van der Waals surface area contributed by atoms with Gasteiger partial charge in [-0.3, -0.25) is 14.9 Å². The Balaban J connectivity index is 2.84. The molecule has 1 N–H and O–H groups in total. The van der Waals surface area contributed by atoms with Gasteiger partial charge in [0.25, 0.3) is 0 Å². The van der Waals surface area contributed by atoms with E-state index in [4.69, 9.17) is 0 Å². The van der Waals surface area contributed by atoms with E-state index in [-0.39, 0.29) is 12.0 Å². The van der Waals surface area contributed by atoms with Gasteiger partial charge >= 0.3 is 0 Å². The molecule has 1 rings (SSSR count). The van der Waals surface area contributed by atoms with Crippen molar-refractivity contribution in [3.05, 3.63) is 35.4 Å². The van der Waals surface area contributed by atoms with Gasteiger partial charge in [0.2, 0.25) is 12.3 Å². The summed E-state index contributed by atoms with van der Waals surface area (Å²) in [5.41, 5.74) is -0.00264. The summed E-state index contributed by atoms with van der Waals surface area (Å²) in [7, 11) is 0. The van der Waals surface area contributed by atoms with Crippen LogP contribution in [-0.4, -0.2) is 12.3 Å². The maximum Gasteiger partial charge on any atom is 0.241 e. The van der Waals surface area contributed by atoms with Crippen LogP contribution in [0.5, 0.6) is 0 Å². The van der Waals surface area contributed by atoms with E-state index < -0.39 is 23.5 Å². The molecule has 1 atom stereocenters. The molecule has 0 spiro atoms. The third kappa shape index (κ3) is 3.68. The van der Waals surface area contributed by atoms with Crippen LogP contribution >= 0.6 is 0 Å². The molecule has 1 unspecified atom stereocenters. The number of hydrogen-bond acceptors (Lipinski definition) is 2. The first kappa shape index (κ1) is 12.8. The van der Waals surface area contributed by atoms with Crippen LogP contribution in [0.3, 0.4) is 0 Å². The molecule has 0 aliphatic carbocycles. The number of nitrogens with one attached hydrogen (secondary N) is 1. The first-order valence-electron chi connectivity index (χ1n) is 4.75. The zero-order chi connectivity index (χ0) is 12.8. The standard InChI is InChI=1S/C12H9F2NO2/c1-8(12(17)15-7-16)2-3-9-4-5-10(13)6-11(9)14/h4-8H,1H3,(H,15,16,17). The highest BCUT2D eigenvalue weighted by atomic mass is 19.1. The van der Waals surface area contributed by atoms with Crippen molar-refractivity contribution >= 4 is 12.3 Å². The van der Waals surface area contributed by atoms with E-state index >= 15 is 0 Å². The van der Waals surface area contributed by atoms with Gasteiger partial charge in [-0.15, -0.1) is 0 Å². The second kappa shape index (κ2) is 5.75. The highest BCUT2D eigenvalue weighted by Gasteiger charge is 2.08. The van der Waals surface area contributed by atoms with Gasteiger partial charge in [0.15, 0.2) is 0 Å². The molecule has 3 nitrogen and oxygen atoms in total. The van der Waals surface area contributed by atoms with Crippen LogP contribution in [0.15, 0.2) is 18.2 Å². The summed E-state index contributed by atoms with van der Waals surface area (Å²) in [6.07, 6.45) is 0.249. The minimum Gasteiger partial charge on any atom is -0.298 e. The number of benzene rings is 1. The number of amides is 2. The summed E-state index contributed by atoms with van der Waals surface area (Å²) < 4.78 is 25.7. The largest absolute Gasteiger partial charge is 0.298 e. The summed E-state index contributed by atoms with van der Waals surface area (Å²) in [6, 6.07) is 2.96. The van der Waals surface area contributed by atoms with Crippen LogP contribution in [-0.2, 0) is 9.59 Å². The maximum absolute atomic E-state index is 13.2. The molecule has 88 valence electrons. The number of carbonyl (C=O) groups excluding carboxylic acids is 2. The lowest BCUT2D eigenvalue weighted by Gasteiger charge is -1.99. The van der Waals surface area contributed by atoms with Gasteiger partial charge in [0, 0.05) is 6.07 Å². The van der Waals surface area contributed by atoms with Gasteiger partial charge in [0.05, 0.1) is 11.5 Å². The predicted octanol–water partition coefficient (Wildman–Crippen LogP) is 1.22. The zero-order valence-electron chi connectivity index (χ0n) is 8.96. The van der Waals surface area contributed by atoms with Gasteiger partial charge < -0.3 is 0 Å². The molecule has 0 saturated carbocycles.